The molecule has 0 aromatic heterocycles. The summed E-state index contributed by atoms with van der Waals surface area (Å²) in [6.45, 7) is 2.00. The highest BCUT2D eigenvalue weighted by Crippen LogP contribution is 2.22. The molecule has 4 heteroatoms. The minimum atomic E-state index is 0.116. The summed E-state index contributed by atoms with van der Waals surface area (Å²) < 4.78 is 0. The Hall–Kier alpha value is -1.06. The van der Waals surface area contributed by atoms with Crippen molar-refractivity contribution in [2.45, 2.75) is 38.6 Å². The van der Waals surface area contributed by atoms with Crippen LogP contribution in [0.15, 0.2) is 24.3 Å². The molecule has 1 aromatic rings. The van der Waals surface area contributed by atoms with Gasteiger partial charge in [0.05, 0.1) is 6.54 Å². The lowest BCUT2D eigenvalue weighted by Crippen LogP contribution is -2.37. The van der Waals surface area contributed by atoms with Crippen molar-refractivity contribution in [1.82, 2.24) is 10.2 Å². The predicted octanol–water partition coefficient (Wildman–Crippen LogP) is 3.47. The van der Waals surface area contributed by atoms with Gasteiger partial charge in [-0.2, -0.15) is 0 Å². The summed E-state index contributed by atoms with van der Waals surface area (Å²) >= 11 is 5.97. The number of carbonyl (C=O) groups is 1. The summed E-state index contributed by atoms with van der Waals surface area (Å²) in [5, 5.41) is 3.81. The molecule has 21 heavy (non-hydrogen) atoms. The first-order valence-corrected chi connectivity index (χ1v) is 8.21. The lowest BCUT2D eigenvalue weighted by atomic mass is 9.89. The molecule has 0 radical (unpaired) electrons. The number of halogens is 1. The Morgan fingerprint density at radius 3 is 2.81 bits per heavy atom. The van der Waals surface area contributed by atoms with E-state index < -0.39 is 0 Å². The Bertz CT molecular complexity index is 458. The van der Waals surface area contributed by atoms with Crippen LogP contribution in [0.1, 0.15) is 37.7 Å². The van der Waals surface area contributed by atoms with Crippen molar-refractivity contribution >= 4 is 17.5 Å². The van der Waals surface area contributed by atoms with Crippen molar-refractivity contribution in [3.05, 3.63) is 34.9 Å². The molecule has 0 bridgehead atoms. The highest BCUT2D eigenvalue weighted by molar-refractivity contribution is 6.30. The monoisotopic (exact) mass is 308 g/mol. The van der Waals surface area contributed by atoms with Crippen LogP contribution in [0.2, 0.25) is 5.02 Å². The molecule has 0 atom stereocenters. The quantitative estimate of drug-likeness (QED) is 0.873. The number of rotatable bonds is 6. The van der Waals surface area contributed by atoms with E-state index in [0.717, 1.165) is 23.7 Å². The molecule has 2 rings (SSSR count). The number of nitrogens with zero attached hydrogens (tertiary/aromatic N) is 1. The molecular weight excluding hydrogens is 284 g/mol. The van der Waals surface area contributed by atoms with Crippen LogP contribution < -0.4 is 5.32 Å². The lowest BCUT2D eigenvalue weighted by molar-refractivity contribution is -0.122. The van der Waals surface area contributed by atoms with Crippen LogP contribution in [0.3, 0.4) is 0 Å². The van der Waals surface area contributed by atoms with E-state index in [2.05, 4.69) is 5.32 Å². The molecule has 1 aliphatic rings. The number of hydrogen-bond acceptors (Lipinski definition) is 2. The summed E-state index contributed by atoms with van der Waals surface area (Å²) in [6.07, 6.45) is 6.51. The van der Waals surface area contributed by atoms with Crippen molar-refractivity contribution in [3.8, 4) is 0 Å². The molecule has 0 saturated heterocycles. The summed E-state index contributed by atoms with van der Waals surface area (Å²) in [5.74, 6) is 0.797. The van der Waals surface area contributed by atoms with Crippen LogP contribution in [-0.2, 0) is 11.3 Å². The Balaban J connectivity index is 1.69. The molecule has 1 N–H and O–H groups in total. The maximum Gasteiger partial charge on any atom is 0.234 e. The van der Waals surface area contributed by atoms with E-state index in [0.29, 0.717) is 12.5 Å². The molecule has 1 aliphatic carbocycles. The molecule has 0 aliphatic heterocycles. The van der Waals surface area contributed by atoms with Crippen LogP contribution in [0.25, 0.3) is 0 Å². The maximum atomic E-state index is 12.0. The van der Waals surface area contributed by atoms with E-state index in [1.807, 2.05) is 36.2 Å². The van der Waals surface area contributed by atoms with Crippen molar-refractivity contribution in [1.29, 1.82) is 0 Å². The van der Waals surface area contributed by atoms with E-state index in [1.165, 1.54) is 32.1 Å². The predicted molar refractivity (Wildman–Crippen MR) is 87.4 cm³/mol. The second kappa shape index (κ2) is 8.40. The number of carbonyl (C=O) groups excluding carboxylic acids is 1. The zero-order chi connectivity index (χ0) is 15.1. The topological polar surface area (TPSA) is 32.3 Å². The summed E-state index contributed by atoms with van der Waals surface area (Å²) in [5.41, 5.74) is 1.13. The van der Waals surface area contributed by atoms with Crippen LogP contribution >= 0.6 is 11.6 Å². The summed E-state index contributed by atoms with van der Waals surface area (Å²) in [4.78, 5) is 14.0. The van der Waals surface area contributed by atoms with Crippen LogP contribution in [-0.4, -0.2) is 30.9 Å². The number of hydrogen-bond donors (Lipinski definition) is 1. The standard InChI is InChI=1S/C17H25ClN2O/c1-20(12-15-8-5-9-16(18)10-15)13-17(21)19-11-14-6-3-2-4-7-14/h5,8-10,14H,2-4,6-7,11-13H2,1H3,(H,19,21). The van der Waals surface area contributed by atoms with Gasteiger partial charge < -0.3 is 5.32 Å². The van der Waals surface area contributed by atoms with Gasteiger partial charge in [0.25, 0.3) is 0 Å². The van der Waals surface area contributed by atoms with E-state index in [1.54, 1.807) is 0 Å². The number of amides is 1. The first kappa shape index (κ1) is 16.3. The largest absolute Gasteiger partial charge is 0.355 e. The Morgan fingerprint density at radius 1 is 1.33 bits per heavy atom. The fourth-order valence-electron chi connectivity index (χ4n) is 2.95. The van der Waals surface area contributed by atoms with Gasteiger partial charge in [0.15, 0.2) is 0 Å². The number of nitrogens with one attached hydrogen (secondary N) is 1. The minimum absolute atomic E-state index is 0.116. The highest BCUT2D eigenvalue weighted by atomic mass is 35.5. The molecule has 116 valence electrons. The molecule has 1 aromatic carbocycles. The molecule has 3 nitrogen and oxygen atoms in total. The molecule has 0 unspecified atom stereocenters. The van der Waals surface area contributed by atoms with E-state index >= 15 is 0 Å². The normalized spacial score (nSPS) is 16.1. The van der Waals surface area contributed by atoms with Gasteiger partial charge in [0, 0.05) is 18.1 Å². The van der Waals surface area contributed by atoms with Crippen molar-refractivity contribution < 1.29 is 4.79 Å². The zero-order valence-corrected chi connectivity index (χ0v) is 13.5. The summed E-state index contributed by atoms with van der Waals surface area (Å²) in [7, 11) is 1.96. The Kier molecular flexibility index (Phi) is 6.52. The van der Waals surface area contributed by atoms with Gasteiger partial charge in [0.2, 0.25) is 5.91 Å². The average Bonchev–Trinajstić information content (AvgIpc) is 2.46. The van der Waals surface area contributed by atoms with Crippen LogP contribution in [0.4, 0.5) is 0 Å². The molecule has 1 saturated carbocycles. The molecular formula is C17H25ClN2O. The zero-order valence-electron chi connectivity index (χ0n) is 12.8. The fourth-order valence-corrected chi connectivity index (χ4v) is 3.17. The van der Waals surface area contributed by atoms with Crippen LogP contribution in [0, 0.1) is 5.92 Å². The Labute approximate surface area is 132 Å². The second-order valence-electron chi connectivity index (χ2n) is 6.11. The number of likely N-dealkylation sites (N-methyl/N-ethyl adjacent to an activating group) is 1. The van der Waals surface area contributed by atoms with Gasteiger partial charge in [-0.05, 0) is 43.5 Å². The van der Waals surface area contributed by atoms with Crippen molar-refractivity contribution in [2.24, 2.45) is 5.92 Å². The molecule has 1 amide bonds. The summed E-state index contributed by atoms with van der Waals surface area (Å²) in [6, 6.07) is 7.77. The van der Waals surface area contributed by atoms with Crippen molar-refractivity contribution in [3.63, 3.8) is 0 Å². The third-order valence-electron chi connectivity index (χ3n) is 4.07. The SMILES string of the molecule is CN(CC(=O)NCC1CCCCC1)Cc1cccc(Cl)c1. The van der Waals surface area contributed by atoms with Gasteiger partial charge >= 0.3 is 0 Å². The van der Waals surface area contributed by atoms with E-state index in [9.17, 15) is 4.79 Å². The fraction of sp³-hybridized carbons (Fsp3) is 0.588. The first-order valence-electron chi connectivity index (χ1n) is 7.83. The highest BCUT2D eigenvalue weighted by Gasteiger charge is 2.14. The van der Waals surface area contributed by atoms with Gasteiger partial charge in [-0.25, -0.2) is 0 Å². The van der Waals surface area contributed by atoms with E-state index in [-0.39, 0.29) is 5.91 Å². The Morgan fingerprint density at radius 2 is 2.10 bits per heavy atom. The van der Waals surface area contributed by atoms with Gasteiger partial charge in [-0.1, -0.05) is 43.0 Å². The maximum absolute atomic E-state index is 12.0. The second-order valence-corrected chi connectivity index (χ2v) is 6.55. The molecule has 1 fully saturated rings. The smallest absolute Gasteiger partial charge is 0.234 e. The van der Waals surface area contributed by atoms with Gasteiger partial charge in [0.1, 0.15) is 0 Å². The third kappa shape index (κ3) is 6.06. The minimum Gasteiger partial charge on any atom is -0.355 e. The van der Waals surface area contributed by atoms with E-state index in [4.69, 9.17) is 11.6 Å². The average molecular weight is 309 g/mol. The first-order chi connectivity index (χ1) is 10.1. The molecule has 0 spiro atoms. The van der Waals surface area contributed by atoms with Crippen molar-refractivity contribution in [2.75, 3.05) is 20.1 Å². The number of benzene rings is 1. The lowest BCUT2D eigenvalue weighted by Gasteiger charge is -2.22. The van der Waals surface area contributed by atoms with Gasteiger partial charge in [-0.15, -0.1) is 0 Å². The molecule has 0 heterocycles. The van der Waals surface area contributed by atoms with Crippen LogP contribution in [0.5, 0.6) is 0 Å². The van der Waals surface area contributed by atoms with Gasteiger partial charge in [-0.3, -0.25) is 9.69 Å². The third-order valence-corrected chi connectivity index (χ3v) is 4.30.